The highest BCUT2D eigenvalue weighted by molar-refractivity contribution is 6.05. The molecule has 2 aliphatic heterocycles. The van der Waals surface area contributed by atoms with Gasteiger partial charge in [-0.05, 0) is 83.3 Å². The Bertz CT molecular complexity index is 2230. The van der Waals surface area contributed by atoms with Crippen molar-refractivity contribution in [2.75, 3.05) is 37.9 Å². The van der Waals surface area contributed by atoms with Gasteiger partial charge in [-0.3, -0.25) is 19.2 Å². The third kappa shape index (κ3) is 9.85. The molecule has 4 aromatic rings. The average Bonchev–Trinajstić information content (AvgIpc) is 3.27. The molecule has 0 fully saturated rings. The zero-order valence-corrected chi connectivity index (χ0v) is 36.4. The van der Waals surface area contributed by atoms with Gasteiger partial charge >= 0.3 is 12.2 Å². The van der Waals surface area contributed by atoms with E-state index >= 15 is 0 Å². The van der Waals surface area contributed by atoms with Crippen molar-refractivity contribution in [3.8, 4) is 11.1 Å². The van der Waals surface area contributed by atoms with Crippen molar-refractivity contribution in [2.24, 2.45) is 11.8 Å². The number of rotatable bonds is 11. The number of anilines is 2. The lowest BCUT2D eigenvalue weighted by molar-refractivity contribution is -0.136. The fourth-order valence-corrected chi connectivity index (χ4v) is 7.75. The second kappa shape index (κ2) is 19.3. The minimum Gasteiger partial charge on any atom is -0.453 e. The number of nitrogens with zero attached hydrogens (tertiary/aromatic N) is 4. The van der Waals surface area contributed by atoms with Crippen molar-refractivity contribution in [2.45, 2.75) is 79.6 Å². The first-order chi connectivity index (χ1) is 29.6. The van der Waals surface area contributed by atoms with Gasteiger partial charge < -0.3 is 40.5 Å². The summed E-state index contributed by atoms with van der Waals surface area (Å²) in [6.45, 7) is 12.7. The van der Waals surface area contributed by atoms with E-state index in [0.717, 1.165) is 44.8 Å². The Morgan fingerprint density at radius 2 is 0.968 bits per heavy atom. The molecule has 4 heterocycles. The van der Waals surface area contributed by atoms with Gasteiger partial charge in [0.05, 0.1) is 14.2 Å². The summed E-state index contributed by atoms with van der Waals surface area (Å²) in [5.41, 5.74) is 8.22. The number of fused-ring (bicyclic) bond motifs is 2. The van der Waals surface area contributed by atoms with Gasteiger partial charge in [0.2, 0.25) is 11.8 Å². The van der Waals surface area contributed by atoms with Crippen LogP contribution in [0.2, 0.25) is 0 Å². The fourth-order valence-electron chi connectivity index (χ4n) is 7.75. The van der Waals surface area contributed by atoms with E-state index in [1.807, 2.05) is 90.1 Å². The number of amides is 6. The second-order valence-corrected chi connectivity index (χ2v) is 16.2. The van der Waals surface area contributed by atoms with Gasteiger partial charge in [0.25, 0.3) is 11.8 Å². The molecule has 1 unspecified atom stereocenters. The molecule has 6 rings (SSSR count). The summed E-state index contributed by atoms with van der Waals surface area (Å²) in [6.07, 6.45) is -0.428. The third-order valence-corrected chi connectivity index (χ3v) is 11.4. The summed E-state index contributed by atoms with van der Waals surface area (Å²) >= 11 is 0. The molecule has 62 heavy (non-hydrogen) atoms. The number of carbonyl (C=O) groups is 6. The van der Waals surface area contributed by atoms with E-state index in [1.165, 1.54) is 14.2 Å². The predicted octanol–water partition coefficient (Wildman–Crippen LogP) is 5.80. The normalized spacial score (nSPS) is 14.2. The smallest absolute Gasteiger partial charge is 0.407 e. The highest BCUT2D eigenvalue weighted by Crippen LogP contribution is 2.34. The maximum atomic E-state index is 13.6. The number of pyridine rings is 2. The number of methoxy groups -OCH3 is 2. The van der Waals surface area contributed by atoms with Crippen molar-refractivity contribution < 1.29 is 38.2 Å². The van der Waals surface area contributed by atoms with E-state index in [0.29, 0.717) is 50.4 Å². The third-order valence-electron chi connectivity index (χ3n) is 11.4. The predicted molar refractivity (Wildman–Crippen MR) is 232 cm³/mol. The maximum absolute atomic E-state index is 13.6. The molecule has 6 amide bonds. The quantitative estimate of drug-likeness (QED) is 0.143. The zero-order valence-electron chi connectivity index (χ0n) is 36.4. The van der Waals surface area contributed by atoms with Crippen LogP contribution >= 0.6 is 0 Å². The van der Waals surface area contributed by atoms with Crippen molar-refractivity contribution >= 4 is 47.2 Å². The number of ether oxygens (including phenoxy) is 2. The Labute approximate surface area is 361 Å². The van der Waals surface area contributed by atoms with E-state index in [4.69, 9.17) is 9.47 Å². The highest BCUT2D eigenvalue weighted by atomic mass is 16.5. The van der Waals surface area contributed by atoms with E-state index in [-0.39, 0.29) is 46.9 Å². The lowest BCUT2D eigenvalue weighted by atomic mass is 9.94. The molecule has 326 valence electrons. The minimum absolute atomic E-state index is 0.147. The van der Waals surface area contributed by atoms with Gasteiger partial charge in [0.1, 0.15) is 23.5 Å². The van der Waals surface area contributed by atoms with Gasteiger partial charge in [0, 0.05) is 61.8 Å². The molecule has 0 bridgehead atoms. The molecule has 0 radical (unpaired) electrons. The van der Waals surface area contributed by atoms with Gasteiger partial charge in [-0.25, -0.2) is 19.6 Å². The van der Waals surface area contributed by atoms with Crippen LogP contribution in [0.15, 0.2) is 60.7 Å². The van der Waals surface area contributed by atoms with Crippen molar-refractivity contribution in [3.63, 3.8) is 0 Å². The Hall–Kier alpha value is -6.84. The van der Waals surface area contributed by atoms with Crippen LogP contribution in [0.1, 0.15) is 82.3 Å². The summed E-state index contributed by atoms with van der Waals surface area (Å²) in [7, 11) is 2.51. The summed E-state index contributed by atoms with van der Waals surface area (Å²) in [5, 5.41) is 11.3. The Kier molecular flexibility index (Phi) is 13.9. The molecule has 2 aliphatic rings. The second-order valence-electron chi connectivity index (χ2n) is 16.2. The Morgan fingerprint density at radius 1 is 0.581 bits per heavy atom. The zero-order chi connectivity index (χ0) is 44.8. The fraction of sp³-hybridized carbons (Fsp3) is 0.391. The first-order valence-electron chi connectivity index (χ1n) is 20.7. The van der Waals surface area contributed by atoms with E-state index < -0.39 is 24.3 Å². The SMILES string of the molecule is COC(=O)NC(C(=O)N1CCc2nc(C(=O)Nc3cccc(-c4cccc(NC(=O)c5ccc6c(n5)CCN(C(=O)[C@@H](NC(=O)OC)C(C)C)C6)c4C)c3C)ccc2C1)C(C)C. The number of nitrogens with one attached hydrogen (secondary N) is 4. The molecule has 4 N–H and O–H groups in total. The topological polar surface area (TPSA) is 201 Å². The summed E-state index contributed by atoms with van der Waals surface area (Å²) in [4.78, 5) is 90.3. The maximum Gasteiger partial charge on any atom is 0.407 e. The van der Waals surface area contributed by atoms with Crippen molar-refractivity contribution in [1.29, 1.82) is 0 Å². The summed E-state index contributed by atoms with van der Waals surface area (Å²) in [5.74, 6) is -1.46. The van der Waals surface area contributed by atoms with Crippen LogP contribution in [-0.4, -0.2) is 95.0 Å². The molecular formula is C46H54N8O8. The first kappa shape index (κ1) is 44.7. The molecule has 0 aliphatic carbocycles. The molecule has 0 spiro atoms. The van der Waals surface area contributed by atoms with Gasteiger partial charge in [-0.2, -0.15) is 0 Å². The average molecular weight is 847 g/mol. The number of hydrogen-bond donors (Lipinski definition) is 4. The highest BCUT2D eigenvalue weighted by Gasteiger charge is 2.33. The van der Waals surface area contributed by atoms with Crippen LogP contribution < -0.4 is 21.3 Å². The van der Waals surface area contributed by atoms with Crippen LogP contribution in [-0.2, 0) is 45.0 Å². The number of benzene rings is 2. The van der Waals surface area contributed by atoms with Crippen LogP contribution in [0.5, 0.6) is 0 Å². The van der Waals surface area contributed by atoms with Crippen LogP contribution in [0.25, 0.3) is 11.1 Å². The lowest BCUT2D eigenvalue weighted by Gasteiger charge is -2.32. The first-order valence-corrected chi connectivity index (χ1v) is 20.7. The molecule has 2 aromatic carbocycles. The van der Waals surface area contributed by atoms with E-state index in [2.05, 4.69) is 31.2 Å². The Morgan fingerprint density at radius 3 is 1.32 bits per heavy atom. The number of carbonyl (C=O) groups excluding carboxylic acids is 6. The largest absolute Gasteiger partial charge is 0.453 e. The molecular weight excluding hydrogens is 793 g/mol. The number of alkyl carbamates (subject to hydrolysis) is 2. The van der Waals surface area contributed by atoms with E-state index in [9.17, 15) is 28.8 Å². The number of hydrogen-bond acceptors (Lipinski definition) is 10. The molecule has 2 atom stereocenters. The van der Waals surface area contributed by atoms with Crippen molar-refractivity contribution in [3.05, 3.63) is 106 Å². The Balaban J connectivity index is 1.11. The molecule has 16 heteroatoms. The standard InChI is InChI=1S/C46H54N8O8/c1-25(2)39(51-45(59)61-7)43(57)53-21-19-35-29(23-53)15-17-37(47-35)41(55)49-33-13-9-11-31(27(33)5)32-12-10-14-34(28(32)6)50-42(56)38-18-16-30-24-54(22-20-36(30)48-38)44(58)40(26(3)4)52-46(60)62-8/h9-18,25-26,39-40H,19-24H2,1-8H3,(H,49,55)(H,50,56)(H,51,59)(H,52,60)/t39-,40?/m0/s1. The van der Waals surface area contributed by atoms with Gasteiger partial charge in [0.15, 0.2) is 0 Å². The van der Waals surface area contributed by atoms with Crippen LogP contribution in [0.4, 0.5) is 21.0 Å². The lowest BCUT2D eigenvalue weighted by Crippen LogP contribution is -2.52. The molecule has 2 aromatic heterocycles. The summed E-state index contributed by atoms with van der Waals surface area (Å²) in [6, 6.07) is 16.7. The van der Waals surface area contributed by atoms with Crippen LogP contribution in [0, 0.1) is 25.7 Å². The monoisotopic (exact) mass is 846 g/mol. The van der Waals surface area contributed by atoms with Gasteiger partial charge in [-0.15, -0.1) is 0 Å². The number of aromatic nitrogens is 2. The van der Waals surface area contributed by atoms with Gasteiger partial charge in [-0.1, -0.05) is 64.1 Å². The summed E-state index contributed by atoms with van der Waals surface area (Å²) < 4.78 is 9.42. The van der Waals surface area contributed by atoms with Crippen LogP contribution in [0.3, 0.4) is 0 Å². The molecule has 0 saturated carbocycles. The van der Waals surface area contributed by atoms with E-state index in [1.54, 1.807) is 21.9 Å². The molecule has 0 saturated heterocycles. The van der Waals surface area contributed by atoms with Crippen molar-refractivity contribution in [1.82, 2.24) is 30.4 Å². The molecule has 16 nitrogen and oxygen atoms in total. The minimum atomic E-state index is -0.734.